The summed E-state index contributed by atoms with van der Waals surface area (Å²) >= 11 is 0. The molecule has 0 unspecified atom stereocenters. The Hall–Kier alpha value is -3.36. The number of nitrogens with two attached hydrogens (primary N) is 1. The summed E-state index contributed by atoms with van der Waals surface area (Å²) in [6, 6.07) is 9.45. The van der Waals surface area contributed by atoms with E-state index in [9.17, 15) is 15.3 Å². The van der Waals surface area contributed by atoms with Crippen LogP contribution in [0.25, 0.3) is 5.57 Å². The van der Waals surface area contributed by atoms with E-state index in [1.807, 2.05) is 24.3 Å². The van der Waals surface area contributed by atoms with Gasteiger partial charge >= 0.3 is 0 Å². The van der Waals surface area contributed by atoms with E-state index >= 15 is 0 Å². The number of hydrogen-bond acceptors (Lipinski definition) is 9. The van der Waals surface area contributed by atoms with Crippen molar-refractivity contribution in [1.29, 1.82) is 5.41 Å². The van der Waals surface area contributed by atoms with Crippen molar-refractivity contribution in [3.8, 4) is 17.6 Å². The summed E-state index contributed by atoms with van der Waals surface area (Å²) in [5, 5.41) is 40.5. The molecule has 0 amide bonds. The van der Waals surface area contributed by atoms with Crippen LogP contribution in [0.1, 0.15) is 43.4 Å². The summed E-state index contributed by atoms with van der Waals surface area (Å²) < 4.78 is 5.94. The van der Waals surface area contributed by atoms with E-state index in [0.717, 1.165) is 24.0 Å². The molecular weight excluding hydrogens is 457 g/mol. The average Bonchev–Trinajstić information content (AvgIpc) is 2.83. The third-order valence-corrected chi connectivity index (χ3v) is 5.77. The van der Waals surface area contributed by atoms with Crippen LogP contribution < -0.4 is 15.8 Å². The zero-order valence-electron chi connectivity index (χ0n) is 21.0. The molecule has 36 heavy (non-hydrogen) atoms. The zero-order chi connectivity index (χ0) is 26.3. The fourth-order valence-corrected chi connectivity index (χ4v) is 3.74. The lowest BCUT2D eigenvalue weighted by Gasteiger charge is -2.38. The van der Waals surface area contributed by atoms with Gasteiger partial charge in [0.05, 0.1) is 0 Å². The normalized spacial score (nSPS) is 15.6. The Morgan fingerprint density at radius 1 is 1.31 bits per heavy atom. The van der Waals surface area contributed by atoms with Gasteiger partial charge in [0, 0.05) is 54.4 Å². The van der Waals surface area contributed by atoms with Crippen molar-refractivity contribution < 1.29 is 20.1 Å². The van der Waals surface area contributed by atoms with E-state index in [-0.39, 0.29) is 18.5 Å². The number of hydrogen-bond donors (Lipinski definition) is 6. The molecule has 1 aliphatic heterocycles. The van der Waals surface area contributed by atoms with E-state index in [1.54, 1.807) is 37.2 Å². The lowest BCUT2D eigenvalue weighted by Crippen LogP contribution is -2.54. The first-order valence-corrected chi connectivity index (χ1v) is 11.8. The number of allylic oxidation sites excluding steroid dienone is 1. The van der Waals surface area contributed by atoms with Crippen LogP contribution in [0.4, 0.5) is 5.82 Å². The van der Waals surface area contributed by atoms with Crippen molar-refractivity contribution in [3.63, 3.8) is 0 Å². The quantitative estimate of drug-likeness (QED) is 0.136. The van der Waals surface area contributed by atoms with Crippen LogP contribution in [-0.2, 0) is 6.61 Å². The van der Waals surface area contributed by atoms with Gasteiger partial charge in [-0.05, 0) is 50.5 Å². The van der Waals surface area contributed by atoms with Crippen LogP contribution >= 0.6 is 0 Å². The van der Waals surface area contributed by atoms with Crippen molar-refractivity contribution in [2.45, 2.75) is 50.7 Å². The first-order valence-electron chi connectivity index (χ1n) is 11.8. The Morgan fingerprint density at radius 3 is 2.67 bits per heavy atom. The van der Waals surface area contributed by atoms with E-state index in [4.69, 9.17) is 15.9 Å². The topological polar surface area (TPSA) is 148 Å². The first kappa shape index (κ1) is 27.2. The van der Waals surface area contributed by atoms with Gasteiger partial charge in [-0.15, -0.1) is 0 Å². The molecule has 7 N–H and O–H groups in total. The van der Waals surface area contributed by atoms with Crippen LogP contribution in [0.3, 0.4) is 0 Å². The first-order chi connectivity index (χ1) is 16.9. The summed E-state index contributed by atoms with van der Waals surface area (Å²) in [5.41, 5.74) is 7.93. The standard InChI is InChI=1S/C26H34BN5O4/c1-25(2,33)9-6-18-4-3-5-19(12-18)17-36-23-13-20(15-31-24(23)29)21(14-28)16-30-22-7-10-32(11-8-22)26(27,34)35/h3-5,12-16,22,28,30,33-35H,7-8,10-11,17,27H2,1-2H3,(H2,29,31)/b21-16+,28-14?. The third kappa shape index (κ3) is 8.10. The summed E-state index contributed by atoms with van der Waals surface area (Å²) in [6.45, 7) is 4.63. The van der Waals surface area contributed by atoms with E-state index < -0.39 is 11.4 Å². The van der Waals surface area contributed by atoms with Crippen molar-refractivity contribution in [1.82, 2.24) is 15.2 Å². The Morgan fingerprint density at radius 2 is 2.03 bits per heavy atom. The largest absolute Gasteiger partial charge is 0.485 e. The van der Waals surface area contributed by atoms with Crippen LogP contribution in [0.2, 0.25) is 0 Å². The number of aromatic nitrogens is 1. The Kier molecular flexibility index (Phi) is 8.77. The van der Waals surface area contributed by atoms with Crippen molar-refractivity contribution in [3.05, 3.63) is 59.4 Å². The third-order valence-electron chi connectivity index (χ3n) is 5.77. The molecule has 3 rings (SSSR count). The SMILES string of the molecule is BC(O)(O)N1CCC(N/C=C(\C=N)c2cnc(N)c(OCc3cccc(C#CC(C)(C)O)c3)c2)CC1. The van der Waals surface area contributed by atoms with Gasteiger partial charge in [0.1, 0.15) is 12.2 Å². The van der Waals surface area contributed by atoms with E-state index in [2.05, 4.69) is 22.1 Å². The van der Waals surface area contributed by atoms with Crippen molar-refractivity contribution in [2.24, 2.45) is 0 Å². The minimum atomic E-state index is -1.81. The van der Waals surface area contributed by atoms with E-state index in [0.29, 0.717) is 30.0 Å². The highest BCUT2D eigenvalue weighted by atomic mass is 16.5. The Labute approximate surface area is 212 Å². The highest BCUT2D eigenvalue weighted by Crippen LogP contribution is 2.25. The number of nitrogen functional groups attached to an aromatic ring is 1. The second-order valence-electron chi connectivity index (χ2n) is 9.55. The number of piperidine rings is 1. The number of nitrogens with zero attached hydrogens (tertiary/aromatic N) is 2. The lowest BCUT2D eigenvalue weighted by atomic mass is 9.97. The van der Waals surface area contributed by atoms with Gasteiger partial charge in [-0.2, -0.15) is 0 Å². The van der Waals surface area contributed by atoms with Gasteiger partial charge in [0.2, 0.25) is 0 Å². The van der Waals surface area contributed by atoms with Gasteiger partial charge < -0.3 is 36.5 Å². The summed E-state index contributed by atoms with van der Waals surface area (Å²) in [4.78, 5) is 5.86. The van der Waals surface area contributed by atoms with Gasteiger partial charge in [-0.3, -0.25) is 4.90 Å². The van der Waals surface area contributed by atoms with Gasteiger partial charge in [0.15, 0.2) is 25.2 Å². The summed E-state index contributed by atoms with van der Waals surface area (Å²) in [6.07, 6.45) is 6.09. The molecule has 1 aliphatic rings. The predicted octanol–water partition coefficient (Wildman–Crippen LogP) is 0.639. The molecular formula is C26H34BN5O4. The van der Waals surface area contributed by atoms with Crippen molar-refractivity contribution >= 4 is 25.5 Å². The number of pyridine rings is 1. The maximum absolute atomic E-state index is 9.81. The number of ether oxygens (including phenoxy) is 1. The van der Waals surface area contributed by atoms with Gasteiger partial charge in [-0.25, -0.2) is 4.98 Å². The average molecular weight is 491 g/mol. The maximum Gasteiger partial charge on any atom is 0.199 e. The lowest BCUT2D eigenvalue weighted by molar-refractivity contribution is -0.202. The molecule has 10 heteroatoms. The molecule has 0 aliphatic carbocycles. The van der Waals surface area contributed by atoms with Crippen LogP contribution in [-0.4, -0.2) is 69.8 Å². The number of benzene rings is 1. The Balaban J connectivity index is 1.66. The number of aliphatic hydroxyl groups is 3. The monoisotopic (exact) mass is 491 g/mol. The molecule has 2 heterocycles. The second-order valence-corrected chi connectivity index (χ2v) is 9.55. The number of likely N-dealkylation sites (tertiary alicyclic amines) is 1. The minimum Gasteiger partial charge on any atom is -0.485 e. The molecule has 2 aromatic rings. The fraction of sp³-hybridized carbons (Fsp3) is 0.385. The number of nitrogens with one attached hydrogen (secondary N) is 2. The van der Waals surface area contributed by atoms with Crippen LogP contribution in [0, 0.1) is 17.3 Å². The summed E-state index contributed by atoms with van der Waals surface area (Å²) in [5.74, 6) is 4.60. The zero-order valence-corrected chi connectivity index (χ0v) is 21.0. The van der Waals surface area contributed by atoms with Crippen LogP contribution in [0.15, 0.2) is 42.7 Å². The molecule has 0 radical (unpaired) electrons. The molecule has 1 aromatic carbocycles. The van der Waals surface area contributed by atoms with Crippen LogP contribution in [0.5, 0.6) is 5.75 Å². The van der Waals surface area contributed by atoms with Gasteiger partial charge in [0.25, 0.3) is 0 Å². The molecule has 0 spiro atoms. The molecule has 190 valence electrons. The fourth-order valence-electron chi connectivity index (χ4n) is 3.74. The molecule has 1 saturated heterocycles. The number of rotatable bonds is 8. The molecule has 1 aromatic heterocycles. The summed E-state index contributed by atoms with van der Waals surface area (Å²) in [7, 11) is 1.37. The molecule has 9 nitrogen and oxygen atoms in total. The molecule has 0 saturated carbocycles. The van der Waals surface area contributed by atoms with Crippen molar-refractivity contribution in [2.75, 3.05) is 18.8 Å². The van der Waals surface area contributed by atoms with Gasteiger partial charge in [-0.1, -0.05) is 24.0 Å². The second kappa shape index (κ2) is 11.6. The molecule has 0 atom stereocenters. The highest BCUT2D eigenvalue weighted by molar-refractivity contribution is 6.12. The minimum absolute atomic E-state index is 0.155. The predicted molar refractivity (Wildman–Crippen MR) is 143 cm³/mol. The maximum atomic E-state index is 9.81. The number of anilines is 1. The molecule has 1 fully saturated rings. The van der Waals surface area contributed by atoms with E-state index in [1.165, 1.54) is 14.1 Å². The smallest absolute Gasteiger partial charge is 0.199 e. The molecule has 0 bridgehead atoms. The Bertz CT molecular complexity index is 1150. The highest BCUT2D eigenvalue weighted by Gasteiger charge is 2.29.